The van der Waals surface area contributed by atoms with Crippen LogP contribution >= 0.6 is 0 Å². The smallest absolute Gasteiger partial charge is 0 e. The van der Waals surface area contributed by atoms with E-state index in [0.717, 1.165) is 0 Å². The van der Waals surface area contributed by atoms with Crippen LogP contribution in [0.15, 0.2) is 6.07 Å². The van der Waals surface area contributed by atoms with E-state index in [1.165, 1.54) is 0 Å². The minimum atomic E-state index is -2.54. The SMILES string of the molecule is O=S1(=O)C[CH-]C1.[C-]#[O+].[C-]#[O+].[C-]#[O+].[W].[c-]1[c-][c-][cH-][c-]1. The molecule has 98 valence electrons. The van der Waals surface area contributed by atoms with Crippen LogP contribution in [0, 0.1) is 50.6 Å². The van der Waals surface area contributed by atoms with Crippen LogP contribution < -0.4 is 0 Å². The molecule has 1 fully saturated rings. The molecule has 1 aromatic carbocycles. The van der Waals surface area contributed by atoms with Gasteiger partial charge in [-0.15, -0.1) is 0 Å². The molecule has 1 aromatic rings. The Morgan fingerprint density at radius 3 is 1.22 bits per heavy atom. The second kappa shape index (κ2) is 21.5. The predicted molar refractivity (Wildman–Crippen MR) is 52.1 cm³/mol. The molecular weight excluding hydrogens is 428 g/mol. The molecule has 0 atom stereocenters. The summed E-state index contributed by atoms with van der Waals surface area (Å²) in [6.07, 6.45) is 1.75. The van der Waals surface area contributed by atoms with Crippen molar-refractivity contribution in [3.63, 3.8) is 0 Å². The first-order valence-electron chi connectivity index (χ1n) is 3.67. The molecule has 1 saturated heterocycles. The number of rotatable bonds is 0. The first kappa shape index (κ1) is 25.9. The first-order chi connectivity index (χ1) is 8.21. The van der Waals surface area contributed by atoms with Gasteiger partial charge in [0, 0.05) is 21.1 Å². The van der Waals surface area contributed by atoms with Gasteiger partial charge in [-0.2, -0.15) is 0 Å². The van der Waals surface area contributed by atoms with E-state index < -0.39 is 9.84 Å². The van der Waals surface area contributed by atoms with Gasteiger partial charge in [0.1, 0.15) is 0 Å². The van der Waals surface area contributed by atoms with E-state index in [2.05, 4.69) is 44.2 Å². The second-order valence-corrected chi connectivity index (χ2v) is 4.20. The molecule has 0 aromatic heterocycles. The maximum atomic E-state index is 10.1. The third-order valence-corrected chi connectivity index (χ3v) is 2.58. The van der Waals surface area contributed by atoms with Crippen LogP contribution in [0.3, 0.4) is 0 Å². The third-order valence-electron chi connectivity index (χ3n) is 1.09. The Balaban J connectivity index is -0.0000000750. The maximum Gasteiger partial charge on any atom is 0 e. The second-order valence-electron chi connectivity index (χ2n) is 2.05. The van der Waals surface area contributed by atoms with E-state index in [1.54, 1.807) is 12.5 Å². The van der Waals surface area contributed by atoms with E-state index in [1.807, 2.05) is 0 Å². The molecule has 0 saturated carbocycles. The largest absolute Gasteiger partial charge is 0.999 e. The molecule has 0 N–H and O–H groups in total. The Kier molecular flexibility index (Phi) is 30.9. The molecular formula is C11H6O5SW-6. The maximum absolute atomic E-state index is 10.1. The molecule has 18 heavy (non-hydrogen) atoms. The first-order valence-corrected chi connectivity index (χ1v) is 5.49. The van der Waals surface area contributed by atoms with Crippen LogP contribution in [-0.2, 0) is 44.9 Å². The van der Waals surface area contributed by atoms with E-state index >= 15 is 0 Å². The molecule has 1 aliphatic heterocycles. The molecule has 2 rings (SSSR count). The summed E-state index contributed by atoms with van der Waals surface area (Å²) in [7, 11) is -2.54. The monoisotopic (exact) mass is 434 g/mol. The van der Waals surface area contributed by atoms with Gasteiger partial charge in [-0.1, -0.05) is 11.5 Å². The van der Waals surface area contributed by atoms with Crippen molar-refractivity contribution >= 4 is 9.84 Å². The summed E-state index contributed by atoms with van der Waals surface area (Å²) in [5, 5.41) is 0. The molecule has 0 unspecified atom stereocenters. The Bertz CT molecular complexity index is 347. The van der Waals surface area contributed by atoms with E-state index in [-0.39, 0.29) is 21.1 Å². The van der Waals surface area contributed by atoms with Gasteiger partial charge in [-0.3, -0.25) is 6.42 Å². The standard InChI is InChI=1S/C5H.C3H5O2S.3CO.W/c1-2-4-5-3-1;4-6(5)2-1-3-6;3*1-2;/h1H;1H,2-3H2;;;;/q-5;-1;;;;. The Morgan fingerprint density at radius 1 is 0.889 bits per heavy atom. The van der Waals surface area contributed by atoms with Crippen molar-refractivity contribution in [2.75, 3.05) is 11.5 Å². The van der Waals surface area contributed by atoms with Gasteiger partial charge < -0.3 is 30.3 Å². The van der Waals surface area contributed by atoms with Crippen molar-refractivity contribution in [2.24, 2.45) is 0 Å². The summed E-state index contributed by atoms with van der Waals surface area (Å²) in [4.78, 5) is 0. The molecule has 7 heteroatoms. The molecule has 0 bridgehead atoms. The Labute approximate surface area is 121 Å². The molecule has 0 spiro atoms. The fourth-order valence-corrected chi connectivity index (χ4v) is 1.11. The average Bonchev–Trinajstić information content (AvgIpc) is 2.94. The number of hydrogen-bond donors (Lipinski definition) is 0. The van der Waals surface area contributed by atoms with Crippen molar-refractivity contribution in [3.05, 3.63) is 56.7 Å². The minimum absolute atomic E-state index is 0. The number of hydrogen-bond acceptors (Lipinski definition) is 2. The van der Waals surface area contributed by atoms with Gasteiger partial charge in [-0.05, 0) is 0 Å². The van der Waals surface area contributed by atoms with Gasteiger partial charge in [0.25, 0.3) is 0 Å². The summed E-state index contributed by atoms with van der Waals surface area (Å²) < 4.78 is 42.6. The normalized spacial score (nSPS) is 12.1. The van der Waals surface area contributed by atoms with Crippen LogP contribution in [-0.4, -0.2) is 19.9 Å². The summed E-state index contributed by atoms with van der Waals surface area (Å²) in [6, 6.07) is 12.0. The molecule has 5 nitrogen and oxygen atoms in total. The van der Waals surface area contributed by atoms with Crippen molar-refractivity contribution in [2.45, 2.75) is 0 Å². The Hall–Kier alpha value is -0.792. The predicted octanol–water partition coefficient (Wildman–Crippen LogP) is 0.110. The topological polar surface area (TPSA) is 93.8 Å². The van der Waals surface area contributed by atoms with Gasteiger partial charge in [0.05, 0.1) is 9.84 Å². The van der Waals surface area contributed by atoms with Crippen molar-refractivity contribution in [1.29, 1.82) is 0 Å². The fourth-order valence-electron chi connectivity index (χ4n) is 0.491. The van der Waals surface area contributed by atoms with Gasteiger partial charge >= 0.3 is 33.9 Å². The summed E-state index contributed by atoms with van der Waals surface area (Å²) in [5.41, 5.74) is 0. The van der Waals surface area contributed by atoms with Gasteiger partial charge in [-0.25, -0.2) is 8.42 Å². The molecule has 1 aliphatic rings. The fraction of sp³-hybridized carbons (Fsp3) is 0.182. The van der Waals surface area contributed by atoms with Crippen LogP contribution in [0.5, 0.6) is 0 Å². The van der Waals surface area contributed by atoms with E-state index in [9.17, 15) is 8.42 Å². The third kappa shape index (κ3) is 20.6. The van der Waals surface area contributed by atoms with Crippen LogP contribution in [0.1, 0.15) is 0 Å². The summed E-state index contributed by atoms with van der Waals surface area (Å²) in [6.45, 7) is 13.5. The zero-order valence-electron chi connectivity index (χ0n) is 8.93. The van der Waals surface area contributed by atoms with E-state index in [0.29, 0.717) is 11.5 Å². The van der Waals surface area contributed by atoms with Gasteiger partial charge in [0.15, 0.2) is 0 Å². The Morgan fingerprint density at radius 2 is 1.17 bits per heavy atom. The van der Waals surface area contributed by atoms with Crippen LogP contribution in [0.4, 0.5) is 0 Å². The molecule has 0 aliphatic carbocycles. The summed E-state index contributed by atoms with van der Waals surface area (Å²) >= 11 is 0. The zero-order valence-corrected chi connectivity index (χ0v) is 12.7. The van der Waals surface area contributed by atoms with Crippen molar-refractivity contribution < 1.29 is 43.4 Å². The minimum Gasteiger partial charge on any atom is -0.999 e. The van der Waals surface area contributed by atoms with Crippen LogP contribution in [0.25, 0.3) is 0 Å². The van der Waals surface area contributed by atoms with E-state index in [4.69, 9.17) is 14.0 Å². The zero-order chi connectivity index (χ0) is 14.2. The molecule has 1 heterocycles. The van der Waals surface area contributed by atoms with Gasteiger partial charge in [0.2, 0.25) is 0 Å². The average molecular weight is 434 g/mol. The molecule has 0 radical (unpaired) electrons. The van der Waals surface area contributed by atoms with Crippen molar-refractivity contribution in [3.8, 4) is 0 Å². The van der Waals surface area contributed by atoms with Crippen molar-refractivity contribution in [1.82, 2.24) is 0 Å². The quantitative estimate of drug-likeness (QED) is 0.429. The number of sulfone groups is 1. The van der Waals surface area contributed by atoms with Crippen LogP contribution in [0.2, 0.25) is 0 Å². The summed E-state index contributed by atoms with van der Waals surface area (Å²) in [5.74, 6) is 0.597. The molecule has 0 amide bonds.